The summed E-state index contributed by atoms with van der Waals surface area (Å²) in [6.45, 7) is 1.52. The Bertz CT molecular complexity index is 779. The van der Waals surface area contributed by atoms with E-state index in [1.165, 1.54) is 17.7 Å². The van der Waals surface area contributed by atoms with E-state index in [1.807, 2.05) is 18.2 Å². The summed E-state index contributed by atoms with van der Waals surface area (Å²) in [5.41, 5.74) is 1.33. The molecule has 1 heterocycles. The Labute approximate surface area is 159 Å². The Morgan fingerprint density at radius 3 is 2.59 bits per heavy atom. The lowest BCUT2D eigenvalue weighted by Crippen LogP contribution is -2.45. The lowest BCUT2D eigenvalue weighted by Gasteiger charge is -2.32. The van der Waals surface area contributed by atoms with Crippen LogP contribution in [0.5, 0.6) is 0 Å². The molecule has 0 bridgehead atoms. The highest BCUT2D eigenvalue weighted by Crippen LogP contribution is 2.20. The van der Waals surface area contributed by atoms with E-state index in [-0.39, 0.29) is 23.3 Å². The predicted octanol–water partition coefficient (Wildman–Crippen LogP) is 3.43. The van der Waals surface area contributed by atoms with Crippen molar-refractivity contribution in [2.75, 3.05) is 19.6 Å². The number of aryl methyl sites for hydroxylation is 1. The molecule has 1 saturated heterocycles. The molecule has 1 aliphatic heterocycles. The second-order valence-corrected chi connectivity index (χ2v) is 6.95. The lowest BCUT2D eigenvalue weighted by atomic mass is 9.96. The van der Waals surface area contributed by atoms with Crippen molar-refractivity contribution in [3.05, 3.63) is 71.5 Å². The fourth-order valence-corrected chi connectivity index (χ4v) is 3.47. The Kier molecular flexibility index (Phi) is 6.58. The third kappa shape index (κ3) is 5.16. The summed E-state index contributed by atoms with van der Waals surface area (Å²) >= 11 is 0. The summed E-state index contributed by atoms with van der Waals surface area (Å²) in [7, 11) is 0. The van der Waals surface area contributed by atoms with Crippen molar-refractivity contribution in [3.8, 4) is 0 Å². The predicted molar refractivity (Wildman–Crippen MR) is 103 cm³/mol. The van der Waals surface area contributed by atoms with Crippen LogP contribution in [-0.2, 0) is 11.2 Å². The van der Waals surface area contributed by atoms with Gasteiger partial charge in [-0.25, -0.2) is 4.39 Å². The molecule has 1 atom stereocenters. The maximum Gasteiger partial charge on any atom is 0.256 e. The summed E-state index contributed by atoms with van der Waals surface area (Å²) in [5, 5.41) is 2.98. The fourth-order valence-electron chi connectivity index (χ4n) is 3.47. The number of hydrogen-bond acceptors (Lipinski definition) is 2. The van der Waals surface area contributed by atoms with E-state index < -0.39 is 5.82 Å². The van der Waals surface area contributed by atoms with Crippen molar-refractivity contribution in [1.82, 2.24) is 10.2 Å². The van der Waals surface area contributed by atoms with E-state index in [0.717, 1.165) is 25.7 Å². The number of piperidine rings is 1. The summed E-state index contributed by atoms with van der Waals surface area (Å²) < 4.78 is 13.9. The maximum absolute atomic E-state index is 13.9. The molecule has 27 heavy (non-hydrogen) atoms. The van der Waals surface area contributed by atoms with Crippen LogP contribution in [0.2, 0.25) is 0 Å². The largest absolute Gasteiger partial charge is 0.356 e. The Balaban J connectivity index is 1.48. The molecule has 1 fully saturated rings. The monoisotopic (exact) mass is 368 g/mol. The van der Waals surface area contributed by atoms with Gasteiger partial charge in [0.2, 0.25) is 5.91 Å². The minimum Gasteiger partial charge on any atom is -0.356 e. The molecule has 1 N–H and O–H groups in total. The van der Waals surface area contributed by atoms with Crippen LogP contribution in [0.1, 0.15) is 35.2 Å². The van der Waals surface area contributed by atoms with Gasteiger partial charge in [-0.2, -0.15) is 0 Å². The number of halogens is 1. The standard InChI is InChI=1S/C22H25FN2O2/c23-20-13-5-4-12-19(20)22(27)25-15-7-11-18(16-25)21(26)24-14-6-10-17-8-2-1-3-9-17/h1-5,8-9,12-13,18H,6-7,10-11,14-16H2,(H,24,26)/t18-/m1/s1. The van der Waals surface area contributed by atoms with Gasteiger partial charge in [-0.15, -0.1) is 0 Å². The first kappa shape index (κ1) is 19.1. The lowest BCUT2D eigenvalue weighted by molar-refractivity contribution is -0.126. The molecular formula is C22H25FN2O2. The van der Waals surface area contributed by atoms with Gasteiger partial charge in [0.05, 0.1) is 11.5 Å². The third-order valence-electron chi connectivity index (χ3n) is 4.97. The zero-order chi connectivity index (χ0) is 19.1. The summed E-state index contributed by atoms with van der Waals surface area (Å²) in [6, 6.07) is 16.2. The number of amides is 2. The van der Waals surface area contributed by atoms with E-state index in [9.17, 15) is 14.0 Å². The fraction of sp³-hybridized carbons (Fsp3) is 0.364. The van der Waals surface area contributed by atoms with Gasteiger partial charge in [-0.05, 0) is 43.4 Å². The highest BCUT2D eigenvalue weighted by atomic mass is 19.1. The van der Waals surface area contributed by atoms with Crippen LogP contribution in [0.15, 0.2) is 54.6 Å². The van der Waals surface area contributed by atoms with Gasteiger partial charge < -0.3 is 10.2 Å². The smallest absolute Gasteiger partial charge is 0.256 e. The number of carbonyl (C=O) groups excluding carboxylic acids is 2. The first-order valence-corrected chi connectivity index (χ1v) is 9.50. The van der Waals surface area contributed by atoms with E-state index in [2.05, 4.69) is 17.4 Å². The van der Waals surface area contributed by atoms with Gasteiger partial charge in [0, 0.05) is 19.6 Å². The normalized spacial score (nSPS) is 16.8. The van der Waals surface area contributed by atoms with Gasteiger partial charge in [-0.3, -0.25) is 9.59 Å². The van der Waals surface area contributed by atoms with Gasteiger partial charge in [0.15, 0.2) is 0 Å². The van der Waals surface area contributed by atoms with Crippen LogP contribution in [0.25, 0.3) is 0 Å². The Hall–Kier alpha value is -2.69. The molecule has 0 spiro atoms. The number of nitrogens with zero attached hydrogens (tertiary/aromatic N) is 1. The molecule has 3 rings (SSSR count). The SMILES string of the molecule is O=C(NCCCc1ccccc1)[C@@H]1CCCN(C(=O)c2ccccc2F)C1. The highest BCUT2D eigenvalue weighted by Gasteiger charge is 2.29. The number of hydrogen-bond donors (Lipinski definition) is 1. The molecule has 0 aliphatic carbocycles. The second-order valence-electron chi connectivity index (χ2n) is 6.95. The van der Waals surface area contributed by atoms with E-state index in [0.29, 0.717) is 19.6 Å². The number of rotatable bonds is 6. The average Bonchev–Trinajstić information content (AvgIpc) is 2.72. The first-order chi connectivity index (χ1) is 13.1. The molecule has 5 heteroatoms. The number of benzene rings is 2. The zero-order valence-electron chi connectivity index (χ0n) is 15.4. The molecule has 4 nitrogen and oxygen atoms in total. The van der Waals surface area contributed by atoms with Crippen LogP contribution < -0.4 is 5.32 Å². The minimum absolute atomic E-state index is 0.0194. The van der Waals surface area contributed by atoms with Crippen LogP contribution in [-0.4, -0.2) is 36.3 Å². The minimum atomic E-state index is -0.519. The molecular weight excluding hydrogens is 343 g/mol. The second kappa shape index (κ2) is 9.31. The van der Waals surface area contributed by atoms with Crippen molar-refractivity contribution in [3.63, 3.8) is 0 Å². The zero-order valence-corrected chi connectivity index (χ0v) is 15.4. The van der Waals surface area contributed by atoms with Crippen molar-refractivity contribution in [2.45, 2.75) is 25.7 Å². The van der Waals surface area contributed by atoms with Gasteiger partial charge in [0.1, 0.15) is 5.82 Å². The number of nitrogens with one attached hydrogen (secondary N) is 1. The first-order valence-electron chi connectivity index (χ1n) is 9.50. The molecule has 0 saturated carbocycles. The quantitative estimate of drug-likeness (QED) is 0.794. The number of likely N-dealkylation sites (tertiary alicyclic amines) is 1. The Morgan fingerprint density at radius 2 is 1.81 bits per heavy atom. The van der Waals surface area contributed by atoms with Crippen molar-refractivity contribution >= 4 is 11.8 Å². The average molecular weight is 368 g/mol. The topological polar surface area (TPSA) is 49.4 Å². The molecule has 2 aromatic rings. The highest BCUT2D eigenvalue weighted by molar-refractivity contribution is 5.95. The molecule has 142 valence electrons. The van der Waals surface area contributed by atoms with Gasteiger partial charge in [-0.1, -0.05) is 42.5 Å². The molecule has 1 aliphatic rings. The van der Waals surface area contributed by atoms with Crippen LogP contribution in [0.4, 0.5) is 4.39 Å². The summed E-state index contributed by atoms with van der Waals surface area (Å²) in [4.78, 5) is 26.6. The van der Waals surface area contributed by atoms with E-state index in [1.54, 1.807) is 17.0 Å². The summed E-state index contributed by atoms with van der Waals surface area (Å²) in [5.74, 6) is -1.11. The van der Waals surface area contributed by atoms with E-state index in [4.69, 9.17) is 0 Å². The van der Waals surface area contributed by atoms with Crippen LogP contribution >= 0.6 is 0 Å². The summed E-state index contributed by atoms with van der Waals surface area (Å²) in [6.07, 6.45) is 3.30. The molecule has 0 unspecified atom stereocenters. The van der Waals surface area contributed by atoms with Crippen LogP contribution in [0, 0.1) is 11.7 Å². The molecule has 2 aromatic carbocycles. The van der Waals surface area contributed by atoms with Gasteiger partial charge >= 0.3 is 0 Å². The third-order valence-corrected chi connectivity index (χ3v) is 4.97. The van der Waals surface area contributed by atoms with Crippen LogP contribution in [0.3, 0.4) is 0 Å². The maximum atomic E-state index is 13.9. The number of carbonyl (C=O) groups is 2. The Morgan fingerprint density at radius 1 is 1.07 bits per heavy atom. The van der Waals surface area contributed by atoms with Crippen molar-refractivity contribution < 1.29 is 14.0 Å². The molecule has 0 radical (unpaired) electrons. The molecule has 2 amide bonds. The van der Waals surface area contributed by atoms with Gasteiger partial charge in [0.25, 0.3) is 5.91 Å². The van der Waals surface area contributed by atoms with Crippen molar-refractivity contribution in [2.24, 2.45) is 5.92 Å². The van der Waals surface area contributed by atoms with E-state index >= 15 is 0 Å². The molecule has 0 aromatic heterocycles. The van der Waals surface area contributed by atoms with Crippen molar-refractivity contribution in [1.29, 1.82) is 0 Å².